The summed E-state index contributed by atoms with van der Waals surface area (Å²) in [4.78, 5) is 35.2. The molecule has 1 N–H and O–H groups in total. The van der Waals surface area contributed by atoms with E-state index in [9.17, 15) is 18.0 Å². The van der Waals surface area contributed by atoms with Crippen LogP contribution in [-0.4, -0.2) is 97.4 Å². The second-order valence-electron chi connectivity index (χ2n) is 12.5. The molecule has 0 bridgehead atoms. The molecule has 0 radical (unpaired) electrons. The number of H-pyrrole nitrogens is 1. The van der Waals surface area contributed by atoms with Crippen LogP contribution in [0.2, 0.25) is 0 Å². The number of carbonyl (C=O) groups excluding carboxylic acids is 1. The molecule has 1 saturated heterocycles. The minimum Gasteiger partial charge on any atom is -0.465 e. The molecule has 4 aromatic rings. The Bertz CT molecular complexity index is 1700. The third-order valence-electron chi connectivity index (χ3n) is 9.19. The molecule has 3 aromatic heterocycles. The number of imidazole rings is 1. The fraction of sp³-hybridized carbons (Fsp3) is 0.471. The molecule has 0 spiro atoms. The molecule has 250 valence electrons. The Kier molecular flexibility index (Phi) is 9.38. The summed E-state index contributed by atoms with van der Waals surface area (Å²) >= 11 is 0. The number of halogens is 3. The van der Waals surface area contributed by atoms with E-state index in [1.165, 1.54) is 6.20 Å². The van der Waals surface area contributed by atoms with Crippen LogP contribution in [0.3, 0.4) is 0 Å². The number of hydrogen-bond acceptors (Lipinski definition) is 9. The van der Waals surface area contributed by atoms with Gasteiger partial charge in [0.2, 0.25) is 0 Å². The first-order valence-corrected chi connectivity index (χ1v) is 15.9. The van der Waals surface area contributed by atoms with E-state index in [0.717, 1.165) is 81.2 Å². The van der Waals surface area contributed by atoms with Crippen molar-refractivity contribution in [3.63, 3.8) is 0 Å². The maximum atomic E-state index is 13.6. The number of aromatic amines is 1. The zero-order valence-corrected chi connectivity index (χ0v) is 26.9. The van der Waals surface area contributed by atoms with Crippen LogP contribution in [0.4, 0.5) is 24.5 Å². The van der Waals surface area contributed by atoms with Crippen molar-refractivity contribution in [3.05, 3.63) is 54.4 Å². The van der Waals surface area contributed by atoms with Gasteiger partial charge in [-0.1, -0.05) is 6.42 Å². The number of ether oxygens (including phenoxy) is 2. The summed E-state index contributed by atoms with van der Waals surface area (Å²) in [5, 5.41) is 0. The average Bonchev–Trinajstić information content (AvgIpc) is 3.48. The zero-order valence-electron chi connectivity index (χ0n) is 26.9. The van der Waals surface area contributed by atoms with E-state index in [2.05, 4.69) is 36.8 Å². The Morgan fingerprint density at radius 1 is 1.04 bits per heavy atom. The Labute approximate surface area is 271 Å². The van der Waals surface area contributed by atoms with Crippen LogP contribution in [0.15, 0.2) is 48.8 Å². The molecule has 1 aliphatic carbocycles. The second-order valence-corrected chi connectivity index (χ2v) is 12.5. The molecule has 2 fully saturated rings. The summed E-state index contributed by atoms with van der Waals surface area (Å²) in [6.07, 6.45) is 0.924. The summed E-state index contributed by atoms with van der Waals surface area (Å²) in [5.41, 5.74) is 3.66. The van der Waals surface area contributed by atoms with Gasteiger partial charge < -0.3 is 24.3 Å². The smallest absolute Gasteiger partial charge is 0.417 e. The first-order chi connectivity index (χ1) is 22.6. The van der Waals surface area contributed by atoms with E-state index in [-0.39, 0.29) is 16.9 Å². The van der Waals surface area contributed by atoms with Gasteiger partial charge in [-0.15, -0.1) is 0 Å². The number of carbonyl (C=O) groups is 1. The number of esters is 1. The van der Waals surface area contributed by atoms with Crippen LogP contribution in [0, 0.1) is 5.41 Å². The number of alkyl halides is 3. The summed E-state index contributed by atoms with van der Waals surface area (Å²) in [7, 11) is 3.70. The van der Waals surface area contributed by atoms with Gasteiger partial charge in [0, 0.05) is 81.5 Å². The summed E-state index contributed by atoms with van der Waals surface area (Å²) in [5.74, 6) is 0.415. The van der Waals surface area contributed by atoms with Crippen LogP contribution >= 0.6 is 0 Å². The van der Waals surface area contributed by atoms with Gasteiger partial charge in [0.25, 0.3) is 0 Å². The van der Waals surface area contributed by atoms with Crippen molar-refractivity contribution >= 4 is 28.5 Å². The summed E-state index contributed by atoms with van der Waals surface area (Å²) in [6.45, 7) is 6.96. The maximum absolute atomic E-state index is 13.6. The third kappa shape index (κ3) is 7.20. The number of methoxy groups -OCH3 is 1. The van der Waals surface area contributed by atoms with E-state index in [1.807, 2.05) is 32.2 Å². The number of benzene rings is 1. The van der Waals surface area contributed by atoms with Gasteiger partial charge in [0.05, 0.1) is 36.7 Å². The van der Waals surface area contributed by atoms with E-state index in [4.69, 9.17) is 19.4 Å². The molecule has 0 amide bonds. The van der Waals surface area contributed by atoms with E-state index in [1.54, 1.807) is 7.11 Å². The highest BCUT2D eigenvalue weighted by Gasteiger charge is 2.38. The lowest BCUT2D eigenvalue weighted by atomic mass is 9.69. The number of pyridine rings is 2. The molecule has 13 heteroatoms. The standard InChI is InChI=1S/C34H40F3N7O3/c1-4-47-29(45)20-43-12-14-44(15-13-43)26-8-6-23(7-9-26)31-40-30-28(42(2)21-33(22-46-3)10-5-11-33)17-27(39-32(30)41-31)24-16-25(19-38-18-24)34(35,36)37/h6-9,16-19H,4-5,10-15,20-22H2,1-3H3,(H,39,40,41). The monoisotopic (exact) mass is 651 g/mol. The number of nitrogens with one attached hydrogen (secondary N) is 1. The van der Waals surface area contributed by atoms with Crippen LogP contribution in [0.25, 0.3) is 33.8 Å². The summed E-state index contributed by atoms with van der Waals surface area (Å²) in [6, 6.07) is 11.0. The lowest BCUT2D eigenvalue weighted by Gasteiger charge is -2.44. The van der Waals surface area contributed by atoms with Crippen molar-refractivity contribution in [3.8, 4) is 22.6 Å². The SMILES string of the molecule is CCOC(=O)CN1CCN(c2ccc(-c3nc4nc(-c5cncc(C(F)(F)F)c5)cc(N(C)CC5(COC)CCC5)c4[nH]3)cc2)CC1. The fourth-order valence-electron chi connectivity index (χ4n) is 6.60. The van der Waals surface area contributed by atoms with E-state index < -0.39 is 11.7 Å². The Hall–Kier alpha value is -4.23. The lowest BCUT2D eigenvalue weighted by molar-refractivity contribution is -0.144. The molecule has 1 aromatic carbocycles. The lowest BCUT2D eigenvalue weighted by Crippen LogP contribution is -2.48. The van der Waals surface area contributed by atoms with E-state index >= 15 is 0 Å². The number of piperazine rings is 1. The minimum atomic E-state index is -4.52. The van der Waals surface area contributed by atoms with Crippen LogP contribution < -0.4 is 9.80 Å². The Morgan fingerprint density at radius 3 is 2.43 bits per heavy atom. The first kappa shape index (κ1) is 32.7. The van der Waals surface area contributed by atoms with Crippen molar-refractivity contribution in [2.24, 2.45) is 5.41 Å². The van der Waals surface area contributed by atoms with Crippen LogP contribution in [0.5, 0.6) is 0 Å². The molecular formula is C34H40F3N7O3. The van der Waals surface area contributed by atoms with Crippen molar-refractivity contribution in [1.82, 2.24) is 24.8 Å². The van der Waals surface area contributed by atoms with Crippen molar-refractivity contribution in [1.29, 1.82) is 0 Å². The predicted octanol–water partition coefficient (Wildman–Crippen LogP) is 5.64. The highest BCUT2D eigenvalue weighted by atomic mass is 19.4. The molecule has 2 aliphatic rings. The molecular weight excluding hydrogens is 611 g/mol. The van der Waals surface area contributed by atoms with Gasteiger partial charge in [-0.3, -0.25) is 14.7 Å². The quantitative estimate of drug-likeness (QED) is 0.207. The molecule has 10 nitrogen and oxygen atoms in total. The highest BCUT2D eigenvalue weighted by molar-refractivity contribution is 5.91. The van der Waals surface area contributed by atoms with Crippen molar-refractivity contribution < 1.29 is 27.4 Å². The zero-order chi connectivity index (χ0) is 33.2. The normalized spacial score (nSPS) is 16.7. The minimum absolute atomic E-state index is 0.0139. The van der Waals surface area contributed by atoms with Crippen molar-refractivity contribution in [2.75, 3.05) is 76.4 Å². The van der Waals surface area contributed by atoms with Gasteiger partial charge in [-0.05, 0) is 56.2 Å². The molecule has 0 unspecified atom stereocenters. The van der Waals surface area contributed by atoms with Gasteiger partial charge in [-0.25, -0.2) is 9.97 Å². The van der Waals surface area contributed by atoms with Crippen LogP contribution in [0.1, 0.15) is 31.7 Å². The van der Waals surface area contributed by atoms with Gasteiger partial charge in [-0.2, -0.15) is 13.2 Å². The number of anilines is 2. The summed E-state index contributed by atoms with van der Waals surface area (Å²) < 4.78 is 51.3. The highest BCUT2D eigenvalue weighted by Crippen LogP contribution is 2.43. The first-order valence-electron chi connectivity index (χ1n) is 15.9. The maximum Gasteiger partial charge on any atom is 0.417 e. The predicted molar refractivity (Wildman–Crippen MR) is 174 cm³/mol. The van der Waals surface area contributed by atoms with Gasteiger partial charge in [0.1, 0.15) is 11.3 Å². The topological polar surface area (TPSA) is 99.7 Å². The van der Waals surface area contributed by atoms with E-state index in [0.29, 0.717) is 42.4 Å². The number of fused-ring (bicyclic) bond motifs is 1. The number of nitrogens with zero attached hydrogens (tertiary/aromatic N) is 6. The fourth-order valence-corrected chi connectivity index (χ4v) is 6.60. The molecule has 0 atom stereocenters. The second kappa shape index (κ2) is 13.5. The third-order valence-corrected chi connectivity index (χ3v) is 9.19. The molecule has 4 heterocycles. The molecule has 6 rings (SSSR count). The van der Waals surface area contributed by atoms with Gasteiger partial charge in [0.15, 0.2) is 5.65 Å². The molecule has 47 heavy (non-hydrogen) atoms. The largest absolute Gasteiger partial charge is 0.465 e. The Balaban J connectivity index is 1.28. The number of hydrogen-bond donors (Lipinski definition) is 1. The molecule has 1 aliphatic heterocycles. The van der Waals surface area contributed by atoms with Crippen molar-refractivity contribution in [2.45, 2.75) is 32.4 Å². The average molecular weight is 652 g/mol. The Morgan fingerprint density at radius 2 is 1.79 bits per heavy atom. The number of aromatic nitrogens is 4. The number of rotatable bonds is 11. The van der Waals surface area contributed by atoms with Crippen LogP contribution in [-0.2, 0) is 20.4 Å². The van der Waals surface area contributed by atoms with Gasteiger partial charge >= 0.3 is 12.1 Å². The molecule has 1 saturated carbocycles.